The van der Waals surface area contributed by atoms with Gasteiger partial charge in [0.05, 0.1) is 12.1 Å². The predicted octanol–water partition coefficient (Wildman–Crippen LogP) is 2.01. The lowest BCUT2D eigenvalue weighted by Crippen LogP contribution is -2.49. The number of phenolic OH excluding ortho intramolecular Hbond substituents is 1. The number of amides is 2. The summed E-state index contributed by atoms with van der Waals surface area (Å²) in [6.45, 7) is -1.30. The molecule has 1 atom stereocenters. The molecule has 1 aromatic carbocycles. The van der Waals surface area contributed by atoms with Crippen LogP contribution in [0.5, 0.6) is 5.75 Å². The summed E-state index contributed by atoms with van der Waals surface area (Å²) in [5, 5.41) is 11.5. The second-order valence-corrected chi connectivity index (χ2v) is 5.45. The molecule has 1 heterocycles. The lowest BCUT2D eigenvalue weighted by atomic mass is 10.1. The van der Waals surface area contributed by atoms with E-state index in [9.17, 15) is 32.3 Å². The van der Waals surface area contributed by atoms with Crippen LogP contribution in [-0.4, -0.2) is 53.3 Å². The van der Waals surface area contributed by atoms with Gasteiger partial charge in [-0.25, -0.2) is 8.78 Å². The van der Waals surface area contributed by atoms with Gasteiger partial charge < -0.3 is 15.3 Å². The van der Waals surface area contributed by atoms with Gasteiger partial charge in [0, 0.05) is 6.54 Å². The van der Waals surface area contributed by atoms with Crippen molar-refractivity contribution in [1.82, 2.24) is 10.2 Å². The zero-order chi connectivity index (χ0) is 17.9. The Balaban J connectivity index is 2.06. The summed E-state index contributed by atoms with van der Waals surface area (Å²) in [4.78, 5) is 25.6. The van der Waals surface area contributed by atoms with Gasteiger partial charge in [-0.15, -0.1) is 0 Å². The highest BCUT2D eigenvalue weighted by Crippen LogP contribution is 2.25. The Bertz CT molecular complexity index is 624. The Morgan fingerprint density at radius 1 is 1.33 bits per heavy atom. The first-order chi connectivity index (χ1) is 11.2. The summed E-state index contributed by atoms with van der Waals surface area (Å²) in [6.07, 6.45) is -3.20. The summed E-state index contributed by atoms with van der Waals surface area (Å²) < 4.78 is 50.0. The third kappa shape index (κ3) is 3.77. The number of nitrogens with one attached hydrogen (secondary N) is 1. The molecule has 1 saturated heterocycles. The van der Waals surface area contributed by atoms with E-state index in [2.05, 4.69) is 0 Å². The number of nitrogens with zero attached hydrogens (tertiary/aromatic N) is 1. The Hall–Kier alpha value is -2.32. The maximum absolute atomic E-state index is 12.9. The van der Waals surface area contributed by atoms with Crippen molar-refractivity contribution in [1.29, 1.82) is 0 Å². The Morgan fingerprint density at radius 3 is 2.62 bits per heavy atom. The van der Waals surface area contributed by atoms with E-state index in [0.29, 0.717) is 6.42 Å². The molecule has 0 aromatic heterocycles. The predicted molar refractivity (Wildman–Crippen MR) is 76.1 cm³/mol. The maximum atomic E-state index is 12.9. The molecule has 0 bridgehead atoms. The van der Waals surface area contributed by atoms with Gasteiger partial charge in [-0.05, 0) is 25.0 Å². The lowest BCUT2D eigenvalue weighted by molar-refractivity contribution is -0.138. The highest BCUT2D eigenvalue weighted by Gasteiger charge is 2.42. The number of phenols is 1. The van der Waals surface area contributed by atoms with Gasteiger partial charge in [0.25, 0.3) is 5.91 Å². The lowest BCUT2D eigenvalue weighted by Gasteiger charge is -2.25. The standard InChI is InChI=1S/C15H16F4N2O3/c16-14(17)15(18,19)8-20-12(23)10-5-3-7-21(10)13(24)9-4-1-2-6-11(9)22/h1-2,4,6,10,14,22H,3,5,7-8H2,(H,20,23)/t10-/m0/s1. The van der Waals surface area contributed by atoms with E-state index in [-0.39, 0.29) is 24.3 Å². The van der Waals surface area contributed by atoms with Crippen molar-refractivity contribution in [2.45, 2.75) is 31.2 Å². The van der Waals surface area contributed by atoms with Crippen molar-refractivity contribution in [2.24, 2.45) is 0 Å². The van der Waals surface area contributed by atoms with Crippen LogP contribution >= 0.6 is 0 Å². The molecule has 1 aliphatic heterocycles. The second-order valence-electron chi connectivity index (χ2n) is 5.45. The van der Waals surface area contributed by atoms with E-state index in [1.165, 1.54) is 24.3 Å². The van der Waals surface area contributed by atoms with Crippen molar-refractivity contribution in [3.8, 4) is 5.75 Å². The summed E-state index contributed by atoms with van der Waals surface area (Å²) in [5.41, 5.74) is -0.0184. The number of rotatable bonds is 5. The Morgan fingerprint density at radius 2 is 2.00 bits per heavy atom. The maximum Gasteiger partial charge on any atom is 0.324 e. The largest absolute Gasteiger partial charge is 0.507 e. The van der Waals surface area contributed by atoms with E-state index < -0.39 is 36.7 Å². The normalized spacial score (nSPS) is 18.0. The molecule has 24 heavy (non-hydrogen) atoms. The number of benzene rings is 1. The van der Waals surface area contributed by atoms with Crippen LogP contribution in [0.1, 0.15) is 23.2 Å². The molecule has 0 radical (unpaired) electrons. The average molecular weight is 348 g/mol. The molecule has 9 heteroatoms. The first kappa shape index (κ1) is 18.0. The molecular weight excluding hydrogens is 332 g/mol. The second kappa shape index (κ2) is 7.06. The third-order valence-electron chi connectivity index (χ3n) is 3.77. The molecule has 2 rings (SSSR count). The number of carbonyl (C=O) groups is 2. The third-order valence-corrected chi connectivity index (χ3v) is 3.77. The highest BCUT2D eigenvalue weighted by molar-refractivity contribution is 5.99. The van der Waals surface area contributed by atoms with Crippen molar-refractivity contribution < 1.29 is 32.3 Å². The number of carbonyl (C=O) groups excluding carboxylic acids is 2. The summed E-state index contributed by atoms with van der Waals surface area (Å²) in [7, 11) is 0. The smallest absolute Gasteiger partial charge is 0.324 e. The number of alkyl halides is 4. The number of aromatic hydroxyl groups is 1. The summed E-state index contributed by atoms with van der Waals surface area (Å²) in [6, 6.07) is 4.69. The fourth-order valence-electron chi connectivity index (χ4n) is 2.49. The molecular formula is C15H16F4N2O3. The minimum atomic E-state index is -4.33. The van der Waals surface area contributed by atoms with Gasteiger partial charge in [-0.1, -0.05) is 12.1 Å². The molecule has 1 fully saturated rings. The molecule has 0 spiro atoms. The van der Waals surface area contributed by atoms with E-state index in [0.717, 1.165) is 4.90 Å². The van der Waals surface area contributed by atoms with Crippen LogP contribution in [0.25, 0.3) is 0 Å². The summed E-state index contributed by atoms with van der Waals surface area (Å²) in [5.74, 6) is -6.14. The fraction of sp³-hybridized carbons (Fsp3) is 0.467. The number of halogens is 4. The Labute approximate surface area is 135 Å². The number of likely N-dealkylation sites (tertiary alicyclic amines) is 1. The molecule has 0 aliphatic carbocycles. The first-order valence-electron chi connectivity index (χ1n) is 7.26. The van der Waals surface area contributed by atoms with Crippen LogP contribution < -0.4 is 5.32 Å². The number of para-hydroxylation sites is 1. The van der Waals surface area contributed by atoms with Crippen molar-refractivity contribution in [3.63, 3.8) is 0 Å². The molecule has 2 amide bonds. The Kier molecular flexibility index (Phi) is 5.30. The van der Waals surface area contributed by atoms with Crippen LogP contribution in [0.15, 0.2) is 24.3 Å². The molecule has 5 nitrogen and oxygen atoms in total. The van der Waals surface area contributed by atoms with Gasteiger partial charge in [0.2, 0.25) is 5.91 Å². The van der Waals surface area contributed by atoms with E-state index in [4.69, 9.17) is 0 Å². The highest BCUT2D eigenvalue weighted by atomic mass is 19.3. The average Bonchev–Trinajstić information content (AvgIpc) is 3.02. The SMILES string of the molecule is O=C(NCC(F)(F)C(F)F)[C@@H]1CCCN1C(=O)c1ccccc1O. The van der Waals surface area contributed by atoms with Crippen molar-refractivity contribution in [3.05, 3.63) is 29.8 Å². The van der Waals surface area contributed by atoms with E-state index in [1.54, 1.807) is 5.32 Å². The fourth-order valence-corrected chi connectivity index (χ4v) is 2.49. The van der Waals surface area contributed by atoms with Crippen LogP contribution in [0.2, 0.25) is 0 Å². The molecule has 2 N–H and O–H groups in total. The molecule has 132 valence electrons. The molecule has 1 aliphatic rings. The van der Waals surface area contributed by atoms with Gasteiger partial charge in [0.15, 0.2) is 0 Å². The van der Waals surface area contributed by atoms with Crippen LogP contribution in [0.4, 0.5) is 17.6 Å². The topological polar surface area (TPSA) is 69.6 Å². The van der Waals surface area contributed by atoms with Gasteiger partial charge in [0.1, 0.15) is 11.8 Å². The van der Waals surface area contributed by atoms with Crippen LogP contribution in [-0.2, 0) is 4.79 Å². The van der Waals surface area contributed by atoms with E-state index >= 15 is 0 Å². The zero-order valence-electron chi connectivity index (χ0n) is 12.5. The van der Waals surface area contributed by atoms with Gasteiger partial charge in [-0.2, -0.15) is 8.78 Å². The van der Waals surface area contributed by atoms with Gasteiger partial charge in [-0.3, -0.25) is 9.59 Å². The van der Waals surface area contributed by atoms with E-state index in [1.807, 2.05) is 0 Å². The number of hydrogen-bond acceptors (Lipinski definition) is 3. The minimum Gasteiger partial charge on any atom is -0.507 e. The zero-order valence-corrected chi connectivity index (χ0v) is 12.5. The number of hydrogen-bond donors (Lipinski definition) is 2. The van der Waals surface area contributed by atoms with Crippen molar-refractivity contribution in [2.75, 3.05) is 13.1 Å². The van der Waals surface area contributed by atoms with Crippen molar-refractivity contribution >= 4 is 11.8 Å². The summed E-state index contributed by atoms with van der Waals surface area (Å²) >= 11 is 0. The minimum absolute atomic E-state index is 0.0184. The van der Waals surface area contributed by atoms with Crippen LogP contribution in [0, 0.1) is 0 Å². The molecule has 0 unspecified atom stereocenters. The molecule has 1 aromatic rings. The van der Waals surface area contributed by atoms with Crippen LogP contribution in [0.3, 0.4) is 0 Å². The van der Waals surface area contributed by atoms with Gasteiger partial charge >= 0.3 is 12.3 Å². The quantitative estimate of drug-likeness (QED) is 0.800. The monoisotopic (exact) mass is 348 g/mol. The first-order valence-corrected chi connectivity index (χ1v) is 7.26. The molecule has 0 saturated carbocycles.